The van der Waals surface area contributed by atoms with E-state index in [0.717, 1.165) is 31.5 Å². The van der Waals surface area contributed by atoms with Gasteiger partial charge in [-0.3, -0.25) is 9.69 Å². The van der Waals surface area contributed by atoms with Crippen LogP contribution in [0.15, 0.2) is 43.0 Å². The number of nitrogens with zero attached hydrogens (tertiary/aromatic N) is 3. The average Bonchev–Trinajstić information content (AvgIpc) is 2.97. The third-order valence-electron chi connectivity index (χ3n) is 9.02. The van der Waals surface area contributed by atoms with E-state index >= 15 is 0 Å². The number of unbranched alkanes of at least 4 members (excludes halogenated alkanes) is 2. The second kappa shape index (κ2) is 18.4. The van der Waals surface area contributed by atoms with Crippen molar-refractivity contribution in [2.75, 3.05) is 51.2 Å². The van der Waals surface area contributed by atoms with Gasteiger partial charge in [-0.1, -0.05) is 90.2 Å². The predicted octanol–water partition coefficient (Wildman–Crippen LogP) is 8.20. The maximum absolute atomic E-state index is 11.7. The van der Waals surface area contributed by atoms with E-state index in [2.05, 4.69) is 93.3 Å². The Morgan fingerprint density at radius 2 is 1.77 bits per heavy atom. The average molecular weight is 538 g/mol. The molecule has 4 nitrogen and oxygen atoms in total. The van der Waals surface area contributed by atoms with E-state index in [9.17, 15) is 4.79 Å². The minimum absolute atomic E-state index is 0.348. The molecular formula is C35H59N3O. The van der Waals surface area contributed by atoms with Crippen molar-refractivity contribution in [1.82, 2.24) is 9.80 Å². The molecule has 1 aromatic carbocycles. The van der Waals surface area contributed by atoms with Crippen LogP contribution in [0.1, 0.15) is 108 Å². The number of likely N-dealkylation sites (tertiary alicyclic amines) is 1. The lowest BCUT2D eigenvalue weighted by Gasteiger charge is -2.36. The molecule has 2 rings (SSSR count). The van der Waals surface area contributed by atoms with E-state index < -0.39 is 0 Å². The number of carbonyl (C=O) groups is 1. The highest BCUT2D eigenvalue weighted by atomic mass is 16.1. The topological polar surface area (TPSA) is 26.8 Å². The van der Waals surface area contributed by atoms with Crippen molar-refractivity contribution in [3.05, 3.63) is 54.1 Å². The van der Waals surface area contributed by atoms with Crippen molar-refractivity contribution in [1.29, 1.82) is 0 Å². The molecule has 1 aliphatic rings. The van der Waals surface area contributed by atoms with Gasteiger partial charge in [0, 0.05) is 44.0 Å². The molecule has 0 aromatic heterocycles. The first-order valence-corrected chi connectivity index (χ1v) is 15.9. The van der Waals surface area contributed by atoms with Crippen LogP contribution in [-0.4, -0.2) is 68.4 Å². The van der Waals surface area contributed by atoms with Gasteiger partial charge in [0.25, 0.3) is 0 Å². The van der Waals surface area contributed by atoms with Crippen molar-refractivity contribution in [3.63, 3.8) is 0 Å². The van der Waals surface area contributed by atoms with E-state index in [0.29, 0.717) is 23.8 Å². The third kappa shape index (κ3) is 10.9. The summed E-state index contributed by atoms with van der Waals surface area (Å²) in [6.45, 7) is 22.3. The van der Waals surface area contributed by atoms with Gasteiger partial charge in [-0.2, -0.15) is 0 Å². The summed E-state index contributed by atoms with van der Waals surface area (Å²) in [5.74, 6) is 1.46. The van der Waals surface area contributed by atoms with Crippen LogP contribution in [0.5, 0.6) is 0 Å². The molecule has 0 bridgehead atoms. The second-order valence-electron chi connectivity index (χ2n) is 12.0. The highest BCUT2D eigenvalue weighted by Crippen LogP contribution is 2.35. The molecule has 1 heterocycles. The summed E-state index contributed by atoms with van der Waals surface area (Å²) in [5, 5.41) is 0. The lowest BCUT2D eigenvalue weighted by Crippen LogP contribution is -2.44. The molecule has 0 saturated carbocycles. The van der Waals surface area contributed by atoms with Gasteiger partial charge in [-0.05, 0) is 75.2 Å². The summed E-state index contributed by atoms with van der Waals surface area (Å²) in [6, 6.07) is 6.65. The van der Waals surface area contributed by atoms with Gasteiger partial charge >= 0.3 is 0 Å². The van der Waals surface area contributed by atoms with Crippen LogP contribution in [0.25, 0.3) is 0 Å². The van der Waals surface area contributed by atoms with Crippen LogP contribution in [0.4, 0.5) is 5.69 Å². The number of likely N-dealkylation sites (N-methyl/N-ethyl adjacent to an activating group) is 1. The number of hydrogen-bond acceptors (Lipinski definition) is 4. The lowest BCUT2D eigenvalue weighted by molar-refractivity contribution is 0.112. The molecular weight excluding hydrogens is 478 g/mol. The van der Waals surface area contributed by atoms with Gasteiger partial charge < -0.3 is 9.80 Å². The number of aldehydes is 1. The zero-order chi connectivity index (χ0) is 28.6. The Kier molecular flexibility index (Phi) is 15.7. The molecule has 4 unspecified atom stereocenters. The molecule has 1 aromatic rings. The van der Waals surface area contributed by atoms with Crippen LogP contribution in [0, 0.1) is 11.8 Å². The number of benzene rings is 1. The van der Waals surface area contributed by atoms with Crippen molar-refractivity contribution in [3.8, 4) is 0 Å². The number of hydrogen-bond donors (Lipinski definition) is 0. The van der Waals surface area contributed by atoms with Crippen LogP contribution in [0.2, 0.25) is 0 Å². The second-order valence-corrected chi connectivity index (χ2v) is 12.0. The predicted molar refractivity (Wildman–Crippen MR) is 171 cm³/mol. The Balaban J connectivity index is 2.18. The highest BCUT2D eigenvalue weighted by Gasteiger charge is 2.23. The van der Waals surface area contributed by atoms with Gasteiger partial charge in [0.05, 0.1) is 0 Å². The molecule has 0 aliphatic carbocycles. The molecule has 39 heavy (non-hydrogen) atoms. The largest absolute Gasteiger partial charge is 0.373 e. The van der Waals surface area contributed by atoms with Gasteiger partial charge in [0.2, 0.25) is 0 Å². The van der Waals surface area contributed by atoms with Crippen molar-refractivity contribution < 1.29 is 4.79 Å². The normalized spacial score (nSPS) is 17.7. The zero-order valence-corrected chi connectivity index (χ0v) is 26.2. The fraction of sp³-hybridized carbons (Fsp3) is 0.686. The van der Waals surface area contributed by atoms with Gasteiger partial charge in [-0.25, -0.2) is 0 Å². The molecule has 0 amide bonds. The van der Waals surface area contributed by atoms with Crippen LogP contribution in [-0.2, 0) is 0 Å². The fourth-order valence-electron chi connectivity index (χ4n) is 6.08. The summed E-state index contributed by atoms with van der Waals surface area (Å²) in [4.78, 5) is 19.4. The molecule has 1 saturated heterocycles. The molecule has 220 valence electrons. The Hall–Kier alpha value is -1.91. The van der Waals surface area contributed by atoms with Gasteiger partial charge in [-0.15, -0.1) is 6.58 Å². The minimum Gasteiger partial charge on any atom is -0.373 e. The number of piperidine rings is 1. The Morgan fingerprint density at radius 1 is 1.03 bits per heavy atom. The smallest absolute Gasteiger partial charge is 0.150 e. The third-order valence-corrected chi connectivity index (χ3v) is 9.02. The molecule has 0 N–H and O–H groups in total. The van der Waals surface area contributed by atoms with Crippen LogP contribution in [0.3, 0.4) is 0 Å². The molecule has 4 atom stereocenters. The van der Waals surface area contributed by atoms with Crippen molar-refractivity contribution in [2.24, 2.45) is 11.8 Å². The summed E-state index contributed by atoms with van der Waals surface area (Å²) < 4.78 is 0. The summed E-state index contributed by atoms with van der Waals surface area (Å²) >= 11 is 0. The first kappa shape index (κ1) is 33.3. The number of anilines is 1. The first-order valence-electron chi connectivity index (χ1n) is 15.9. The summed E-state index contributed by atoms with van der Waals surface area (Å²) in [7, 11) is 2.20. The van der Waals surface area contributed by atoms with E-state index in [1.165, 1.54) is 82.3 Å². The minimum atomic E-state index is 0.348. The van der Waals surface area contributed by atoms with E-state index in [1.807, 2.05) is 6.07 Å². The zero-order valence-electron chi connectivity index (χ0n) is 26.2. The summed E-state index contributed by atoms with van der Waals surface area (Å²) in [6.07, 6.45) is 18.0. The standard InChI is InChI=1S/C35H59N3O/c1-8-11-13-18-30(5)31(6)33-20-19-32(28-39)27-35(33)36(7)25-26-38(34(17-9-2)29(4)10-3)24-16-23-37-21-14-12-15-22-37/h9-10,17,19-20,27-31,34H,3,8,11-16,18,21-26H2,1-2,4-7H3/b17-9+. The Morgan fingerprint density at radius 3 is 2.41 bits per heavy atom. The molecule has 0 spiro atoms. The number of rotatable bonds is 19. The van der Waals surface area contributed by atoms with Crippen molar-refractivity contribution >= 4 is 12.0 Å². The van der Waals surface area contributed by atoms with Crippen LogP contribution >= 0.6 is 0 Å². The van der Waals surface area contributed by atoms with E-state index in [-0.39, 0.29) is 0 Å². The Bertz CT molecular complexity index is 859. The molecule has 0 radical (unpaired) electrons. The molecule has 1 aliphatic heterocycles. The van der Waals surface area contributed by atoms with Gasteiger partial charge in [0.1, 0.15) is 6.29 Å². The summed E-state index contributed by atoms with van der Waals surface area (Å²) in [5.41, 5.74) is 3.34. The quantitative estimate of drug-likeness (QED) is 0.101. The highest BCUT2D eigenvalue weighted by molar-refractivity contribution is 5.78. The maximum Gasteiger partial charge on any atom is 0.150 e. The Labute approximate surface area is 241 Å². The van der Waals surface area contributed by atoms with E-state index in [1.54, 1.807) is 0 Å². The molecule has 1 fully saturated rings. The maximum atomic E-state index is 11.7. The van der Waals surface area contributed by atoms with E-state index in [4.69, 9.17) is 0 Å². The fourth-order valence-corrected chi connectivity index (χ4v) is 6.08. The number of allylic oxidation sites excluding steroid dienone is 1. The first-order chi connectivity index (χ1) is 18.9. The van der Waals surface area contributed by atoms with Gasteiger partial charge in [0.15, 0.2) is 0 Å². The SMILES string of the molecule is C=CC(C)C(/C=C/C)N(CCCN1CCCCC1)CCN(C)c1cc(C=O)ccc1C(C)C(C)CCCCC. The monoisotopic (exact) mass is 537 g/mol. The number of carbonyl (C=O) groups excluding carboxylic acids is 1. The van der Waals surface area contributed by atoms with Crippen molar-refractivity contribution in [2.45, 2.75) is 97.9 Å². The molecule has 4 heteroatoms. The lowest BCUT2D eigenvalue weighted by atomic mass is 9.84. The van der Waals surface area contributed by atoms with Crippen LogP contribution < -0.4 is 4.90 Å².